The van der Waals surface area contributed by atoms with Gasteiger partial charge >= 0.3 is 0 Å². The summed E-state index contributed by atoms with van der Waals surface area (Å²) in [6, 6.07) is 3.50. The Labute approximate surface area is 99.0 Å². The SMILES string of the molecule is CC(C)C(=O)NC1(c2ccc(F)cc2F)CC1. The van der Waals surface area contributed by atoms with Crippen molar-refractivity contribution < 1.29 is 13.6 Å². The van der Waals surface area contributed by atoms with Gasteiger partial charge in [0.05, 0.1) is 5.54 Å². The molecule has 2 nitrogen and oxygen atoms in total. The maximum absolute atomic E-state index is 13.6. The summed E-state index contributed by atoms with van der Waals surface area (Å²) < 4.78 is 26.5. The van der Waals surface area contributed by atoms with Crippen LogP contribution in [0.4, 0.5) is 8.78 Å². The van der Waals surface area contributed by atoms with Gasteiger partial charge in [-0.3, -0.25) is 4.79 Å². The number of nitrogens with one attached hydrogen (secondary N) is 1. The second-order valence-electron chi connectivity index (χ2n) is 4.85. The second-order valence-corrected chi connectivity index (χ2v) is 4.85. The minimum absolute atomic E-state index is 0.105. The Morgan fingerprint density at radius 3 is 2.47 bits per heavy atom. The third-order valence-electron chi connectivity index (χ3n) is 3.08. The zero-order chi connectivity index (χ0) is 12.6. The van der Waals surface area contributed by atoms with Gasteiger partial charge in [-0.15, -0.1) is 0 Å². The van der Waals surface area contributed by atoms with Crippen molar-refractivity contribution in [3.05, 3.63) is 35.4 Å². The van der Waals surface area contributed by atoms with E-state index in [2.05, 4.69) is 5.32 Å². The highest BCUT2D eigenvalue weighted by molar-refractivity contribution is 5.79. The molecule has 0 aromatic heterocycles. The van der Waals surface area contributed by atoms with Crippen LogP contribution in [0.5, 0.6) is 0 Å². The lowest BCUT2D eigenvalue weighted by molar-refractivity contribution is -0.125. The standard InChI is InChI=1S/C13H15F2NO/c1-8(2)12(17)16-13(5-6-13)10-4-3-9(14)7-11(10)15/h3-4,7-8H,5-6H2,1-2H3,(H,16,17). The number of benzene rings is 1. The molecule has 1 aliphatic rings. The van der Waals surface area contributed by atoms with Crippen LogP contribution in [0.2, 0.25) is 0 Å². The molecule has 1 amide bonds. The van der Waals surface area contributed by atoms with Gasteiger partial charge in [-0.05, 0) is 18.9 Å². The van der Waals surface area contributed by atoms with Gasteiger partial charge in [0.1, 0.15) is 11.6 Å². The topological polar surface area (TPSA) is 29.1 Å². The van der Waals surface area contributed by atoms with Crippen molar-refractivity contribution in [3.8, 4) is 0 Å². The van der Waals surface area contributed by atoms with E-state index >= 15 is 0 Å². The Kier molecular flexibility index (Phi) is 2.89. The molecular formula is C13H15F2NO. The van der Waals surface area contributed by atoms with E-state index < -0.39 is 17.2 Å². The van der Waals surface area contributed by atoms with Crippen molar-refractivity contribution in [2.24, 2.45) is 5.92 Å². The van der Waals surface area contributed by atoms with Gasteiger partial charge in [-0.25, -0.2) is 8.78 Å². The van der Waals surface area contributed by atoms with Crippen molar-refractivity contribution >= 4 is 5.91 Å². The molecule has 17 heavy (non-hydrogen) atoms. The van der Waals surface area contributed by atoms with Gasteiger partial charge in [-0.2, -0.15) is 0 Å². The first-order valence-corrected chi connectivity index (χ1v) is 5.72. The van der Waals surface area contributed by atoms with Gasteiger partial charge in [0.25, 0.3) is 0 Å². The zero-order valence-corrected chi connectivity index (χ0v) is 9.89. The minimum Gasteiger partial charge on any atom is -0.346 e. The Bertz CT molecular complexity index is 453. The van der Waals surface area contributed by atoms with Gasteiger partial charge < -0.3 is 5.32 Å². The Morgan fingerprint density at radius 1 is 1.35 bits per heavy atom. The zero-order valence-electron chi connectivity index (χ0n) is 9.89. The first-order valence-electron chi connectivity index (χ1n) is 5.72. The summed E-state index contributed by atoms with van der Waals surface area (Å²) in [7, 11) is 0. The number of hydrogen-bond donors (Lipinski definition) is 1. The molecule has 0 heterocycles. The predicted molar refractivity (Wildman–Crippen MR) is 60.3 cm³/mol. The summed E-state index contributed by atoms with van der Waals surface area (Å²) in [5.41, 5.74) is -0.230. The molecule has 1 aliphatic carbocycles. The molecule has 0 radical (unpaired) electrons. The van der Waals surface area contributed by atoms with E-state index in [1.807, 2.05) is 0 Å². The number of halogens is 2. The second kappa shape index (κ2) is 4.09. The highest BCUT2D eigenvalue weighted by Crippen LogP contribution is 2.46. The summed E-state index contributed by atoms with van der Waals surface area (Å²) in [5, 5.41) is 2.84. The third kappa shape index (κ3) is 2.30. The number of hydrogen-bond acceptors (Lipinski definition) is 1. The quantitative estimate of drug-likeness (QED) is 0.863. The summed E-state index contributed by atoms with van der Waals surface area (Å²) in [6.07, 6.45) is 1.40. The van der Waals surface area contributed by atoms with Gasteiger partial charge in [0, 0.05) is 17.5 Å². The molecule has 1 saturated carbocycles. The van der Waals surface area contributed by atoms with Crippen LogP contribution in [0.25, 0.3) is 0 Å². The van der Waals surface area contributed by atoms with E-state index in [1.165, 1.54) is 12.1 Å². The largest absolute Gasteiger partial charge is 0.346 e. The fourth-order valence-corrected chi connectivity index (χ4v) is 1.84. The summed E-state index contributed by atoms with van der Waals surface area (Å²) in [4.78, 5) is 11.6. The Morgan fingerprint density at radius 2 is 2.00 bits per heavy atom. The van der Waals surface area contributed by atoms with Crippen molar-refractivity contribution in [1.82, 2.24) is 5.32 Å². The molecule has 1 aromatic rings. The first kappa shape index (κ1) is 12.0. The fraction of sp³-hybridized carbons (Fsp3) is 0.462. The lowest BCUT2D eigenvalue weighted by Gasteiger charge is -2.20. The summed E-state index contributed by atoms with van der Waals surface area (Å²) in [6.45, 7) is 3.57. The van der Waals surface area contributed by atoms with Crippen molar-refractivity contribution in [1.29, 1.82) is 0 Å². The van der Waals surface area contributed by atoms with E-state index in [1.54, 1.807) is 13.8 Å². The number of rotatable bonds is 3. The molecule has 0 bridgehead atoms. The first-order chi connectivity index (χ1) is 7.94. The average molecular weight is 239 g/mol. The maximum Gasteiger partial charge on any atom is 0.223 e. The highest BCUT2D eigenvalue weighted by atomic mass is 19.1. The monoisotopic (exact) mass is 239 g/mol. The predicted octanol–water partition coefficient (Wildman–Crippen LogP) is 2.73. The number of carbonyl (C=O) groups is 1. The molecule has 1 fully saturated rings. The average Bonchev–Trinajstić information content (AvgIpc) is 2.98. The summed E-state index contributed by atoms with van der Waals surface area (Å²) >= 11 is 0. The van der Waals surface area contributed by atoms with Crippen LogP contribution in [-0.2, 0) is 10.3 Å². The van der Waals surface area contributed by atoms with E-state index in [4.69, 9.17) is 0 Å². The molecule has 0 unspecified atom stereocenters. The van der Waals surface area contributed by atoms with Crippen molar-refractivity contribution in [2.45, 2.75) is 32.2 Å². The number of carbonyl (C=O) groups excluding carboxylic acids is 1. The molecule has 4 heteroatoms. The molecule has 0 atom stereocenters. The molecule has 0 spiro atoms. The smallest absolute Gasteiger partial charge is 0.223 e. The molecule has 2 rings (SSSR count). The van der Waals surface area contributed by atoms with Gasteiger partial charge in [0.2, 0.25) is 5.91 Å². The van der Waals surface area contributed by atoms with Crippen LogP contribution in [0.1, 0.15) is 32.3 Å². The molecule has 1 aromatic carbocycles. The van der Waals surface area contributed by atoms with Gasteiger partial charge in [0.15, 0.2) is 0 Å². The number of amides is 1. The van der Waals surface area contributed by atoms with Crippen molar-refractivity contribution in [3.63, 3.8) is 0 Å². The molecule has 92 valence electrons. The lowest BCUT2D eigenvalue weighted by Crippen LogP contribution is -2.38. The third-order valence-corrected chi connectivity index (χ3v) is 3.08. The lowest BCUT2D eigenvalue weighted by atomic mass is 10.0. The normalized spacial score (nSPS) is 17.0. The van der Waals surface area contributed by atoms with Crippen molar-refractivity contribution in [2.75, 3.05) is 0 Å². The maximum atomic E-state index is 13.6. The van der Waals surface area contributed by atoms with Crippen LogP contribution >= 0.6 is 0 Å². The molecular weight excluding hydrogens is 224 g/mol. The van der Waals surface area contributed by atoms with Crippen LogP contribution in [-0.4, -0.2) is 5.91 Å². The van der Waals surface area contributed by atoms with E-state index in [0.717, 1.165) is 6.07 Å². The van der Waals surface area contributed by atoms with Crippen LogP contribution in [0.3, 0.4) is 0 Å². The van der Waals surface area contributed by atoms with Crippen LogP contribution in [0, 0.1) is 17.6 Å². The fourth-order valence-electron chi connectivity index (χ4n) is 1.84. The van der Waals surface area contributed by atoms with Crippen LogP contribution < -0.4 is 5.32 Å². The molecule has 0 aliphatic heterocycles. The Balaban J connectivity index is 2.24. The van der Waals surface area contributed by atoms with Crippen LogP contribution in [0.15, 0.2) is 18.2 Å². The van der Waals surface area contributed by atoms with E-state index in [0.29, 0.717) is 18.4 Å². The summed E-state index contributed by atoms with van der Waals surface area (Å²) in [5.74, 6) is -1.44. The van der Waals surface area contributed by atoms with E-state index in [9.17, 15) is 13.6 Å². The Hall–Kier alpha value is -1.45. The molecule has 1 N–H and O–H groups in total. The van der Waals surface area contributed by atoms with E-state index in [-0.39, 0.29) is 11.8 Å². The minimum atomic E-state index is -0.612. The highest BCUT2D eigenvalue weighted by Gasteiger charge is 2.47. The molecule has 0 saturated heterocycles. The van der Waals surface area contributed by atoms with Gasteiger partial charge in [-0.1, -0.05) is 19.9 Å².